The van der Waals surface area contributed by atoms with Crippen molar-refractivity contribution in [3.63, 3.8) is 0 Å². The molecule has 0 aliphatic carbocycles. The summed E-state index contributed by atoms with van der Waals surface area (Å²) in [5.74, 6) is -0.278. The molecule has 2 aromatic heterocycles. The number of aromatic nitrogens is 4. The minimum absolute atomic E-state index is 0.278. The van der Waals surface area contributed by atoms with Gasteiger partial charge in [-0.15, -0.1) is 5.10 Å². The van der Waals surface area contributed by atoms with E-state index in [-0.39, 0.29) is 11.6 Å². The van der Waals surface area contributed by atoms with Crippen molar-refractivity contribution in [1.29, 1.82) is 5.26 Å². The molecule has 7 nitrogen and oxygen atoms in total. The van der Waals surface area contributed by atoms with Crippen LogP contribution in [0.25, 0.3) is 0 Å². The fraction of sp³-hybridized carbons (Fsp3) is 0.182. The summed E-state index contributed by atoms with van der Waals surface area (Å²) in [7, 11) is 0. The van der Waals surface area contributed by atoms with E-state index in [4.69, 9.17) is 5.26 Å². The van der Waals surface area contributed by atoms with Gasteiger partial charge in [-0.1, -0.05) is 5.21 Å². The highest BCUT2D eigenvalue weighted by Crippen LogP contribution is 1.98. The Morgan fingerprint density at radius 3 is 3.00 bits per heavy atom. The second-order valence-corrected chi connectivity index (χ2v) is 3.47. The number of rotatable bonds is 4. The summed E-state index contributed by atoms with van der Waals surface area (Å²) in [5.41, 5.74) is 0.710. The quantitative estimate of drug-likeness (QED) is 0.812. The van der Waals surface area contributed by atoms with Crippen molar-refractivity contribution >= 4 is 5.91 Å². The molecule has 0 aliphatic heterocycles. The van der Waals surface area contributed by atoms with E-state index in [2.05, 4.69) is 20.6 Å². The molecule has 0 radical (unpaired) electrons. The lowest BCUT2D eigenvalue weighted by Gasteiger charge is -2.04. The molecule has 0 aromatic carbocycles. The number of carbonyl (C=O) groups is 1. The Labute approximate surface area is 103 Å². The van der Waals surface area contributed by atoms with Gasteiger partial charge in [-0.3, -0.25) is 9.48 Å². The number of amides is 1. The molecule has 0 fully saturated rings. The Bertz CT molecular complexity index is 554. The first-order chi connectivity index (χ1) is 8.79. The lowest BCUT2D eigenvalue weighted by molar-refractivity contribution is 0.0947. The lowest BCUT2D eigenvalue weighted by atomic mass is 10.2. The van der Waals surface area contributed by atoms with E-state index < -0.39 is 0 Å². The molecule has 90 valence electrons. The third kappa shape index (κ3) is 2.89. The molecule has 0 bridgehead atoms. The molecule has 0 atom stereocenters. The van der Waals surface area contributed by atoms with Crippen LogP contribution < -0.4 is 5.32 Å². The molecule has 1 N–H and O–H groups in total. The van der Waals surface area contributed by atoms with E-state index in [1.165, 1.54) is 12.3 Å². The zero-order valence-electron chi connectivity index (χ0n) is 9.45. The van der Waals surface area contributed by atoms with Crippen LogP contribution in [0.1, 0.15) is 16.1 Å². The van der Waals surface area contributed by atoms with Crippen LogP contribution in [0.5, 0.6) is 0 Å². The number of carbonyl (C=O) groups excluding carboxylic acids is 1. The van der Waals surface area contributed by atoms with Crippen LogP contribution in [-0.4, -0.2) is 32.4 Å². The lowest BCUT2D eigenvalue weighted by Crippen LogP contribution is -2.28. The smallest absolute Gasteiger partial charge is 0.269 e. The SMILES string of the molecule is N#Cc1ccc(C(=O)NCCn2ccnn2)nc1. The highest BCUT2D eigenvalue weighted by Gasteiger charge is 2.06. The molecule has 7 heteroatoms. The van der Waals surface area contributed by atoms with Gasteiger partial charge in [0.1, 0.15) is 11.8 Å². The second-order valence-electron chi connectivity index (χ2n) is 3.47. The van der Waals surface area contributed by atoms with E-state index in [1.54, 1.807) is 23.1 Å². The van der Waals surface area contributed by atoms with Crippen LogP contribution in [-0.2, 0) is 6.54 Å². The molecule has 2 rings (SSSR count). The predicted octanol–water partition coefficient (Wildman–Crippen LogP) is -0.0252. The second kappa shape index (κ2) is 5.54. The van der Waals surface area contributed by atoms with Gasteiger partial charge in [0.15, 0.2) is 0 Å². The third-order valence-electron chi connectivity index (χ3n) is 2.22. The molecule has 18 heavy (non-hydrogen) atoms. The highest BCUT2D eigenvalue weighted by atomic mass is 16.1. The standard InChI is InChI=1S/C11H10N6O/c12-7-9-1-2-10(14-8-9)11(18)13-3-5-17-6-4-15-16-17/h1-2,4,6,8H,3,5H2,(H,13,18). The first-order valence-corrected chi connectivity index (χ1v) is 5.28. The average molecular weight is 242 g/mol. The van der Waals surface area contributed by atoms with Crippen molar-refractivity contribution in [1.82, 2.24) is 25.3 Å². The zero-order valence-corrected chi connectivity index (χ0v) is 9.45. The van der Waals surface area contributed by atoms with Gasteiger partial charge < -0.3 is 5.32 Å². The monoisotopic (exact) mass is 242 g/mol. The maximum atomic E-state index is 11.7. The number of nitrogens with one attached hydrogen (secondary N) is 1. The number of hydrogen-bond acceptors (Lipinski definition) is 5. The number of pyridine rings is 1. The molecule has 0 saturated carbocycles. The summed E-state index contributed by atoms with van der Waals surface area (Å²) >= 11 is 0. The Balaban J connectivity index is 1.86. The molecule has 0 spiro atoms. The predicted molar refractivity (Wildman–Crippen MR) is 61.3 cm³/mol. The van der Waals surface area contributed by atoms with Gasteiger partial charge in [-0.2, -0.15) is 5.26 Å². The average Bonchev–Trinajstić information content (AvgIpc) is 2.92. The summed E-state index contributed by atoms with van der Waals surface area (Å²) in [6.07, 6.45) is 4.66. The molecule has 1 amide bonds. The van der Waals surface area contributed by atoms with Gasteiger partial charge in [-0.25, -0.2) is 4.98 Å². The Kier molecular flexibility index (Phi) is 3.61. The van der Waals surface area contributed by atoms with E-state index in [0.717, 1.165) is 0 Å². The minimum Gasteiger partial charge on any atom is -0.349 e. The van der Waals surface area contributed by atoms with Crippen LogP contribution in [0.3, 0.4) is 0 Å². The Morgan fingerprint density at radius 1 is 1.50 bits per heavy atom. The van der Waals surface area contributed by atoms with Crippen molar-refractivity contribution in [2.45, 2.75) is 6.54 Å². The molecule has 0 aliphatic rings. The summed E-state index contributed by atoms with van der Waals surface area (Å²) in [6.45, 7) is 0.978. The molecule has 0 saturated heterocycles. The number of nitrogens with zero attached hydrogens (tertiary/aromatic N) is 5. The maximum absolute atomic E-state index is 11.7. The third-order valence-corrected chi connectivity index (χ3v) is 2.22. The van der Waals surface area contributed by atoms with E-state index >= 15 is 0 Å². The van der Waals surface area contributed by atoms with Gasteiger partial charge in [0.2, 0.25) is 0 Å². The zero-order chi connectivity index (χ0) is 12.8. The highest BCUT2D eigenvalue weighted by molar-refractivity contribution is 5.92. The topological polar surface area (TPSA) is 96.5 Å². The van der Waals surface area contributed by atoms with Crippen LogP contribution in [0.4, 0.5) is 0 Å². The van der Waals surface area contributed by atoms with Crippen molar-refractivity contribution in [2.24, 2.45) is 0 Å². The first kappa shape index (κ1) is 11.7. The van der Waals surface area contributed by atoms with Crippen LogP contribution >= 0.6 is 0 Å². The molecular formula is C11H10N6O. The van der Waals surface area contributed by atoms with Crippen molar-refractivity contribution in [2.75, 3.05) is 6.54 Å². The van der Waals surface area contributed by atoms with Crippen LogP contribution in [0.2, 0.25) is 0 Å². The van der Waals surface area contributed by atoms with Gasteiger partial charge in [0.05, 0.1) is 18.3 Å². The molecule has 0 unspecified atom stereocenters. The fourth-order valence-corrected chi connectivity index (χ4v) is 1.32. The van der Waals surface area contributed by atoms with Crippen LogP contribution in [0.15, 0.2) is 30.7 Å². The summed E-state index contributed by atoms with van der Waals surface area (Å²) in [6, 6.07) is 5.01. The summed E-state index contributed by atoms with van der Waals surface area (Å²) < 4.78 is 1.62. The van der Waals surface area contributed by atoms with E-state index in [0.29, 0.717) is 18.7 Å². The van der Waals surface area contributed by atoms with Crippen molar-refractivity contribution in [3.05, 3.63) is 42.0 Å². The first-order valence-electron chi connectivity index (χ1n) is 5.28. The normalized spacial score (nSPS) is 9.72. The van der Waals surface area contributed by atoms with E-state index in [1.807, 2.05) is 6.07 Å². The molecular weight excluding hydrogens is 232 g/mol. The summed E-state index contributed by atoms with van der Waals surface area (Å²) in [5, 5.41) is 18.7. The van der Waals surface area contributed by atoms with Gasteiger partial charge in [-0.05, 0) is 12.1 Å². The molecule has 2 aromatic rings. The fourth-order valence-electron chi connectivity index (χ4n) is 1.32. The van der Waals surface area contributed by atoms with Crippen LogP contribution in [0, 0.1) is 11.3 Å². The Morgan fingerprint density at radius 2 is 2.39 bits per heavy atom. The van der Waals surface area contributed by atoms with Gasteiger partial charge in [0, 0.05) is 18.9 Å². The minimum atomic E-state index is -0.278. The van der Waals surface area contributed by atoms with E-state index in [9.17, 15) is 4.79 Å². The number of hydrogen-bond donors (Lipinski definition) is 1. The van der Waals surface area contributed by atoms with Gasteiger partial charge in [0.25, 0.3) is 5.91 Å². The van der Waals surface area contributed by atoms with Crippen molar-refractivity contribution < 1.29 is 4.79 Å². The largest absolute Gasteiger partial charge is 0.349 e. The maximum Gasteiger partial charge on any atom is 0.269 e. The van der Waals surface area contributed by atoms with Gasteiger partial charge >= 0.3 is 0 Å². The molecule has 2 heterocycles. The summed E-state index contributed by atoms with van der Waals surface area (Å²) in [4.78, 5) is 15.6. The Hall–Kier alpha value is -2.75. The van der Waals surface area contributed by atoms with Crippen molar-refractivity contribution in [3.8, 4) is 6.07 Å². The number of nitriles is 1.